The van der Waals surface area contributed by atoms with E-state index in [2.05, 4.69) is 18.8 Å². The van der Waals surface area contributed by atoms with E-state index in [1.165, 1.54) is 44.9 Å². The average molecular weight is 196 g/mol. The van der Waals surface area contributed by atoms with Crippen LogP contribution in [-0.4, -0.2) is 11.9 Å². The highest BCUT2D eigenvalue weighted by molar-refractivity contribution is 5.83. The predicted octanol–water partition coefficient (Wildman–Crippen LogP) is 3.11. The van der Waals surface area contributed by atoms with Crippen LogP contribution in [-0.2, 0) is 0 Å². The highest BCUT2D eigenvalue weighted by Gasteiger charge is 2.18. The van der Waals surface area contributed by atoms with Gasteiger partial charge >= 0.3 is 0 Å². The molecule has 14 heavy (non-hydrogen) atoms. The monoisotopic (exact) mass is 196 g/mol. The predicted molar refractivity (Wildman–Crippen MR) is 62.6 cm³/mol. The number of hydrogen-bond donors (Lipinski definition) is 1. The standard InChI is InChI=1S/C12H24N2/c1-3-4-7-10(2)14-12(13)11-8-5-6-9-11/h10-11H,3-9H2,1-2H3,(H2,13,14). The van der Waals surface area contributed by atoms with Crippen LogP contribution in [0.5, 0.6) is 0 Å². The first-order chi connectivity index (χ1) is 6.74. The molecule has 0 saturated heterocycles. The maximum absolute atomic E-state index is 6.00. The van der Waals surface area contributed by atoms with Crippen LogP contribution in [0.25, 0.3) is 0 Å². The van der Waals surface area contributed by atoms with Crippen molar-refractivity contribution in [3.8, 4) is 0 Å². The van der Waals surface area contributed by atoms with Crippen LogP contribution < -0.4 is 5.73 Å². The summed E-state index contributed by atoms with van der Waals surface area (Å²) < 4.78 is 0. The van der Waals surface area contributed by atoms with Gasteiger partial charge in [0.15, 0.2) is 0 Å². The number of aliphatic imine (C=N–C) groups is 1. The van der Waals surface area contributed by atoms with E-state index in [1.807, 2.05) is 0 Å². The van der Waals surface area contributed by atoms with Crippen LogP contribution in [0.4, 0.5) is 0 Å². The molecule has 0 radical (unpaired) electrons. The molecular formula is C12H24N2. The zero-order valence-corrected chi connectivity index (χ0v) is 9.63. The Labute approximate surface area is 88.0 Å². The molecule has 0 heterocycles. The number of amidine groups is 1. The smallest absolute Gasteiger partial charge is 0.0971 e. The summed E-state index contributed by atoms with van der Waals surface area (Å²) >= 11 is 0. The summed E-state index contributed by atoms with van der Waals surface area (Å²) in [5, 5.41) is 0. The van der Waals surface area contributed by atoms with Gasteiger partial charge < -0.3 is 5.73 Å². The fourth-order valence-corrected chi connectivity index (χ4v) is 2.15. The second-order valence-electron chi connectivity index (χ2n) is 4.53. The van der Waals surface area contributed by atoms with Crippen molar-refractivity contribution in [2.45, 2.75) is 64.8 Å². The lowest BCUT2D eigenvalue weighted by Gasteiger charge is -2.11. The minimum atomic E-state index is 0.426. The number of unbranched alkanes of at least 4 members (excludes halogenated alkanes) is 1. The fraction of sp³-hybridized carbons (Fsp3) is 0.917. The van der Waals surface area contributed by atoms with Crippen molar-refractivity contribution in [2.75, 3.05) is 0 Å². The largest absolute Gasteiger partial charge is 0.387 e. The number of nitrogens with two attached hydrogens (primary N) is 1. The molecule has 2 nitrogen and oxygen atoms in total. The zero-order chi connectivity index (χ0) is 10.4. The first-order valence-electron chi connectivity index (χ1n) is 6.07. The second kappa shape index (κ2) is 6.05. The van der Waals surface area contributed by atoms with Gasteiger partial charge in [0.2, 0.25) is 0 Å². The summed E-state index contributed by atoms with van der Waals surface area (Å²) in [6.07, 6.45) is 8.90. The van der Waals surface area contributed by atoms with Crippen molar-refractivity contribution in [2.24, 2.45) is 16.6 Å². The second-order valence-corrected chi connectivity index (χ2v) is 4.53. The van der Waals surface area contributed by atoms with Gasteiger partial charge in [-0.25, -0.2) is 0 Å². The van der Waals surface area contributed by atoms with Gasteiger partial charge in [0.25, 0.3) is 0 Å². The Morgan fingerprint density at radius 3 is 2.64 bits per heavy atom. The summed E-state index contributed by atoms with van der Waals surface area (Å²) in [5.74, 6) is 1.52. The molecule has 0 spiro atoms. The molecule has 1 rings (SSSR count). The molecule has 1 fully saturated rings. The van der Waals surface area contributed by atoms with E-state index in [0.29, 0.717) is 12.0 Å². The third-order valence-electron chi connectivity index (χ3n) is 3.12. The first-order valence-corrected chi connectivity index (χ1v) is 6.07. The Hall–Kier alpha value is -0.530. The molecule has 1 aliphatic rings. The minimum absolute atomic E-state index is 0.426. The molecule has 0 aromatic carbocycles. The van der Waals surface area contributed by atoms with Crippen molar-refractivity contribution >= 4 is 5.84 Å². The molecule has 0 bridgehead atoms. The van der Waals surface area contributed by atoms with Crippen molar-refractivity contribution in [1.82, 2.24) is 0 Å². The lowest BCUT2D eigenvalue weighted by molar-refractivity contribution is 0.606. The van der Waals surface area contributed by atoms with Crippen molar-refractivity contribution in [3.05, 3.63) is 0 Å². The highest BCUT2D eigenvalue weighted by Crippen LogP contribution is 2.25. The third-order valence-corrected chi connectivity index (χ3v) is 3.12. The molecular weight excluding hydrogens is 172 g/mol. The molecule has 0 amide bonds. The van der Waals surface area contributed by atoms with E-state index in [9.17, 15) is 0 Å². The maximum atomic E-state index is 6.00. The molecule has 0 aromatic heterocycles. The minimum Gasteiger partial charge on any atom is -0.387 e. The highest BCUT2D eigenvalue weighted by atomic mass is 14.9. The molecule has 1 atom stereocenters. The lowest BCUT2D eigenvalue weighted by Crippen LogP contribution is -2.23. The van der Waals surface area contributed by atoms with Gasteiger partial charge in [-0.05, 0) is 26.2 Å². The molecule has 1 unspecified atom stereocenters. The van der Waals surface area contributed by atoms with Crippen LogP contribution in [0.1, 0.15) is 58.8 Å². The van der Waals surface area contributed by atoms with Gasteiger partial charge in [0, 0.05) is 12.0 Å². The third kappa shape index (κ3) is 3.69. The maximum Gasteiger partial charge on any atom is 0.0971 e. The molecule has 0 aliphatic heterocycles. The van der Waals surface area contributed by atoms with Crippen LogP contribution >= 0.6 is 0 Å². The van der Waals surface area contributed by atoms with E-state index in [-0.39, 0.29) is 0 Å². The van der Waals surface area contributed by atoms with E-state index in [0.717, 1.165) is 5.84 Å². The number of nitrogens with zero attached hydrogens (tertiary/aromatic N) is 1. The molecule has 2 heteroatoms. The van der Waals surface area contributed by atoms with Crippen molar-refractivity contribution in [1.29, 1.82) is 0 Å². The van der Waals surface area contributed by atoms with E-state index < -0.39 is 0 Å². The summed E-state index contributed by atoms with van der Waals surface area (Å²) in [4.78, 5) is 4.59. The van der Waals surface area contributed by atoms with Gasteiger partial charge in [-0.3, -0.25) is 4.99 Å². The lowest BCUT2D eigenvalue weighted by atomic mass is 10.1. The fourth-order valence-electron chi connectivity index (χ4n) is 2.15. The molecule has 1 aliphatic carbocycles. The summed E-state index contributed by atoms with van der Waals surface area (Å²) in [6, 6.07) is 0.426. The quantitative estimate of drug-likeness (QED) is 0.532. The van der Waals surface area contributed by atoms with Crippen molar-refractivity contribution in [3.63, 3.8) is 0 Å². The van der Waals surface area contributed by atoms with Crippen LogP contribution in [0.15, 0.2) is 4.99 Å². The molecule has 1 saturated carbocycles. The summed E-state index contributed by atoms with van der Waals surface area (Å²) in [7, 11) is 0. The molecule has 2 N–H and O–H groups in total. The van der Waals surface area contributed by atoms with Gasteiger partial charge in [-0.2, -0.15) is 0 Å². The Morgan fingerprint density at radius 2 is 2.07 bits per heavy atom. The summed E-state index contributed by atoms with van der Waals surface area (Å²) in [6.45, 7) is 4.40. The number of hydrogen-bond acceptors (Lipinski definition) is 1. The summed E-state index contributed by atoms with van der Waals surface area (Å²) in [5.41, 5.74) is 6.00. The normalized spacial score (nSPS) is 21.4. The molecule has 0 aromatic rings. The Bertz CT molecular complexity index is 181. The molecule has 82 valence electrons. The van der Waals surface area contributed by atoms with Crippen LogP contribution in [0.2, 0.25) is 0 Å². The van der Waals surface area contributed by atoms with E-state index in [1.54, 1.807) is 0 Å². The Balaban J connectivity index is 2.33. The van der Waals surface area contributed by atoms with Crippen molar-refractivity contribution < 1.29 is 0 Å². The van der Waals surface area contributed by atoms with Gasteiger partial charge in [0.1, 0.15) is 0 Å². The Kier molecular flexibility index (Phi) is 4.99. The Morgan fingerprint density at radius 1 is 1.43 bits per heavy atom. The number of rotatable bonds is 5. The van der Waals surface area contributed by atoms with Gasteiger partial charge in [0.05, 0.1) is 5.84 Å². The van der Waals surface area contributed by atoms with Gasteiger partial charge in [-0.1, -0.05) is 32.6 Å². The first kappa shape index (κ1) is 11.5. The average Bonchev–Trinajstić information content (AvgIpc) is 2.67. The van der Waals surface area contributed by atoms with E-state index in [4.69, 9.17) is 5.73 Å². The van der Waals surface area contributed by atoms with E-state index >= 15 is 0 Å². The zero-order valence-electron chi connectivity index (χ0n) is 9.63. The SMILES string of the molecule is CCCCC(C)N=C(N)C1CCCC1. The van der Waals surface area contributed by atoms with Crippen LogP contribution in [0, 0.1) is 5.92 Å². The van der Waals surface area contributed by atoms with Gasteiger partial charge in [-0.15, -0.1) is 0 Å². The van der Waals surface area contributed by atoms with Crippen LogP contribution in [0.3, 0.4) is 0 Å². The topological polar surface area (TPSA) is 38.4 Å².